The molecule has 0 radical (unpaired) electrons. The lowest BCUT2D eigenvalue weighted by Crippen LogP contribution is -2.26. The Balaban J connectivity index is 2.16. The zero-order valence-electron chi connectivity index (χ0n) is 11.4. The number of nitrogens with zero attached hydrogens (tertiary/aromatic N) is 1. The summed E-state index contributed by atoms with van der Waals surface area (Å²) >= 11 is 0. The molecule has 0 aliphatic heterocycles. The van der Waals surface area contributed by atoms with E-state index in [4.69, 9.17) is 0 Å². The first-order valence-electron chi connectivity index (χ1n) is 6.27. The first-order chi connectivity index (χ1) is 9.49. The van der Waals surface area contributed by atoms with Gasteiger partial charge in [-0.1, -0.05) is 24.3 Å². The minimum atomic E-state index is -0.306. The molecule has 0 aliphatic rings. The summed E-state index contributed by atoms with van der Waals surface area (Å²) in [5.41, 5.74) is 1.76. The monoisotopic (exact) mass is 273 g/mol. The van der Waals surface area contributed by atoms with Gasteiger partial charge in [-0.25, -0.2) is 4.39 Å². The van der Waals surface area contributed by atoms with Crippen molar-refractivity contribution in [1.82, 2.24) is 4.90 Å². The SMILES string of the molecule is Cc1cccc(C(=O)N(C)Cc2ccc(F)cc2)c1O. The largest absolute Gasteiger partial charge is 0.507 e. The van der Waals surface area contributed by atoms with Crippen molar-refractivity contribution >= 4 is 5.91 Å². The molecule has 2 aromatic rings. The summed E-state index contributed by atoms with van der Waals surface area (Å²) in [6.07, 6.45) is 0. The van der Waals surface area contributed by atoms with Crippen molar-refractivity contribution in [1.29, 1.82) is 0 Å². The molecular weight excluding hydrogens is 257 g/mol. The van der Waals surface area contributed by atoms with Crippen molar-refractivity contribution in [3.63, 3.8) is 0 Å². The van der Waals surface area contributed by atoms with Crippen LogP contribution in [0.15, 0.2) is 42.5 Å². The lowest BCUT2D eigenvalue weighted by atomic mass is 10.1. The average molecular weight is 273 g/mol. The van der Waals surface area contributed by atoms with Gasteiger partial charge in [-0.05, 0) is 36.2 Å². The van der Waals surface area contributed by atoms with Crippen molar-refractivity contribution in [2.45, 2.75) is 13.5 Å². The van der Waals surface area contributed by atoms with E-state index in [-0.39, 0.29) is 23.0 Å². The van der Waals surface area contributed by atoms with Crippen LogP contribution in [0.3, 0.4) is 0 Å². The predicted octanol–water partition coefficient (Wildman–Crippen LogP) is 3.11. The van der Waals surface area contributed by atoms with Gasteiger partial charge < -0.3 is 10.0 Å². The van der Waals surface area contributed by atoms with Crippen LogP contribution >= 0.6 is 0 Å². The molecule has 2 aromatic carbocycles. The van der Waals surface area contributed by atoms with Gasteiger partial charge in [0.2, 0.25) is 0 Å². The molecule has 0 saturated heterocycles. The van der Waals surface area contributed by atoms with Crippen LogP contribution in [0.1, 0.15) is 21.5 Å². The highest BCUT2D eigenvalue weighted by Gasteiger charge is 2.16. The van der Waals surface area contributed by atoms with Crippen LogP contribution in [0.5, 0.6) is 5.75 Å². The van der Waals surface area contributed by atoms with E-state index in [0.29, 0.717) is 12.1 Å². The molecule has 0 fully saturated rings. The Kier molecular flexibility index (Phi) is 4.03. The minimum Gasteiger partial charge on any atom is -0.507 e. The summed E-state index contributed by atoms with van der Waals surface area (Å²) in [4.78, 5) is 13.8. The fourth-order valence-electron chi connectivity index (χ4n) is 1.97. The zero-order chi connectivity index (χ0) is 14.7. The number of amides is 1. The summed E-state index contributed by atoms with van der Waals surface area (Å²) in [6.45, 7) is 2.10. The third-order valence-electron chi connectivity index (χ3n) is 3.15. The smallest absolute Gasteiger partial charge is 0.257 e. The highest BCUT2D eigenvalue weighted by Crippen LogP contribution is 2.23. The molecule has 1 amide bonds. The van der Waals surface area contributed by atoms with Crippen LogP contribution in [-0.2, 0) is 6.54 Å². The van der Waals surface area contributed by atoms with Gasteiger partial charge in [-0.2, -0.15) is 0 Å². The van der Waals surface area contributed by atoms with Crippen molar-refractivity contribution in [2.75, 3.05) is 7.05 Å². The van der Waals surface area contributed by atoms with Crippen LogP contribution in [0, 0.1) is 12.7 Å². The Bertz CT molecular complexity index is 623. The number of aryl methyl sites for hydroxylation is 1. The minimum absolute atomic E-state index is 0.00320. The quantitative estimate of drug-likeness (QED) is 0.933. The molecule has 20 heavy (non-hydrogen) atoms. The molecule has 0 atom stereocenters. The number of hydrogen-bond donors (Lipinski definition) is 1. The molecule has 0 aromatic heterocycles. The molecule has 0 heterocycles. The molecule has 3 nitrogen and oxygen atoms in total. The lowest BCUT2D eigenvalue weighted by Gasteiger charge is -2.18. The first-order valence-corrected chi connectivity index (χ1v) is 6.27. The molecular formula is C16H16FNO2. The van der Waals surface area contributed by atoms with E-state index < -0.39 is 0 Å². The standard InChI is InChI=1S/C16H16FNO2/c1-11-4-3-5-14(15(11)19)16(20)18(2)10-12-6-8-13(17)9-7-12/h3-9,19H,10H2,1-2H3. The number of rotatable bonds is 3. The number of para-hydroxylation sites is 1. The van der Waals surface area contributed by atoms with Gasteiger partial charge in [0, 0.05) is 13.6 Å². The van der Waals surface area contributed by atoms with Gasteiger partial charge >= 0.3 is 0 Å². The van der Waals surface area contributed by atoms with Gasteiger partial charge in [0.25, 0.3) is 5.91 Å². The molecule has 0 unspecified atom stereocenters. The second-order valence-corrected chi connectivity index (χ2v) is 4.76. The number of carbonyl (C=O) groups excluding carboxylic acids is 1. The maximum Gasteiger partial charge on any atom is 0.257 e. The number of carbonyl (C=O) groups is 1. The zero-order valence-corrected chi connectivity index (χ0v) is 11.4. The van der Waals surface area contributed by atoms with Crippen molar-refractivity contribution in [3.8, 4) is 5.75 Å². The fourth-order valence-corrected chi connectivity index (χ4v) is 1.97. The van der Waals surface area contributed by atoms with Gasteiger partial charge in [-0.3, -0.25) is 4.79 Å². The Hall–Kier alpha value is -2.36. The second kappa shape index (κ2) is 5.74. The van der Waals surface area contributed by atoms with E-state index in [2.05, 4.69) is 0 Å². The maximum absolute atomic E-state index is 12.8. The number of phenols is 1. The summed E-state index contributed by atoms with van der Waals surface area (Å²) < 4.78 is 12.8. The van der Waals surface area contributed by atoms with Gasteiger partial charge in [-0.15, -0.1) is 0 Å². The Morgan fingerprint density at radius 1 is 1.20 bits per heavy atom. The van der Waals surface area contributed by atoms with E-state index in [0.717, 1.165) is 5.56 Å². The van der Waals surface area contributed by atoms with E-state index in [1.165, 1.54) is 17.0 Å². The average Bonchev–Trinajstić information content (AvgIpc) is 2.43. The topological polar surface area (TPSA) is 40.5 Å². The number of benzene rings is 2. The molecule has 2 rings (SSSR count). The summed E-state index contributed by atoms with van der Waals surface area (Å²) in [5.74, 6) is -0.571. The highest BCUT2D eigenvalue weighted by atomic mass is 19.1. The predicted molar refractivity (Wildman–Crippen MR) is 75.0 cm³/mol. The van der Waals surface area contributed by atoms with Crippen LogP contribution < -0.4 is 0 Å². The van der Waals surface area contributed by atoms with Gasteiger partial charge in [0.15, 0.2) is 0 Å². The van der Waals surface area contributed by atoms with Crippen LogP contribution in [-0.4, -0.2) is 23.0 Å². The highest BCUT2D eigenvalue weighted by molar-refractivity contribution is 5.97. The summed E-state index contributed by atoms with van der Waals surface area (Å²) in [6, 6.07) is 11.0. The van der Waals surface area contributed by atoms with E-state index in [1.807, 2.05) is 0 Å². The first kappa shape index (κ1) is 14.1. The maximum atomic E-state index is 12.8. The van der Waals surface area contributed by atoms with Crippen molar-refractivity contribution < 1.29 is 14.3 Å². The number of aromatic hydroxyl groups is 1. The van der Waals surface area contributed by atoms with Crippen molar-refractivity contribution in [3.05, 3.63) is 65.0 Å². The van der Waals surface area contributed by atoms with Crippen LogP contribution in [0.4, 0.5) is 4.39 Å². The Morgan fingerprint density at radius 2 is 1.85 bits per heavy atom. The number of hydrogen-bond acceptors (Lipinski definition) is 2. The van der Waals surface area contributed by atoms with E-state index >= 15 is 0 Å². The van der Waals surface area contributed by atoms with Crippen LogP contribution in [0.25, 0.3) is 0 Å². The molecule has 0 aliphatic carbocycles. The number of phenolic OH excluding ortho intramolecular Hbond substituents is 1. The van der Waals surface area contributed by atoms with Gasteiger partial charge in [0.05, 0.1) is 5.56 Å². The second-order valence-electron chi connectivity index (χ2n) is 4.76. The molecule has 0 saturated carbocycles. The Morgan fingerprint density at radius 3 is 2.50 bits per heavy atom. The molecule has 4 heteroatoms. The van der Waals surface area contributed by atoms with Crippen LogP contribution in [0.2, 0.25) is 0 Å². The number of halogens is 1. The molecule has 104 valence electrons. The van der Waals surface area contributed by atoms with E-state index in [9.17, 15) is 14.3 Å². The molecule has 0 bridgehead atoms. The fraction of sp³-hybridized carbons (Fsp3) is 0.188. The van der Waals surface area contributed by atoms with Gasteiger partial charge in [0.1, 0.15) is 11.6 Å². The lowest BCUT2D eigenvalue weighted by molar-refractivity contribution is 0.0782. The third-order valence-corrected chi connectivity index (χ3v) is 3.15. The van der Waals surface area contributed by atoms with Crippen molar-refractivity contribution in [2.24, 2.45) is 0 Å². The normalized spacial score (nSPS) is 10.3. The summed E-state index contributed by atoms with van der Waals surface area (Å²) in [7, 11) is 1.65. The summed E-state index contributed by atoms with van der Waals surface area (Å²) in [5, 5.41) is 9.92. The molecule has 1 N–H and O–H groups in total. The molecule has 0 spiro atoms. The van der Waals surface area contributed by atoms with E-state index in [1.54, 1.807) is 44.3 Å². The third kappa shape index (κ3) is 2.96. The Labute approximate surface area is 117 Å².